The van der Waals surface area contributed by atoms with Crippen molar-refractivity contribution >= 4 is 17.9 Å². The van der Waals surface area contributed by atoms with Crippen molar-refractivity contribution in [3.63, 3.8) is 0 Å². The maximum absolute atomic E-state index is 12.9. The quantitative estimate of drug-likeness (QED) is 0.0262. The van der Waals surface area contributed by atoms with Crippen molar-refractivity contribution in [3.05, 3.63) is 48.6 Å². The van der Waals surface area contributed by atoms with Gasteiger partial charge in [-0.1, -0.05) is 262 Å². The van der Waals surface area contributed by atoms with Gasteiger partial charge >= 0.3 is 17.9 Å². The minimum Gasteiger partial charge on any atom is -0.462 e. The van der Waals surface area contributed by atoms with Crippen LogP contribution in [0.2, 0.25) is 0 Å². The minimum absolute atomic E-state index is 0.0775. The number of carbonyl (C=O) groups excluding carboxylic acids is 3. The Morgan fingerprint density at radius 2 is 0.522 bits per heavy atom. The largest absolute Gasteiger partial charge is 0.462 e. The predicted molar refractivity (Wildman–Crippen MR) is 298 cm³/mol. The Morgan fingerprint density at radius 3 is 0.855 bits per heavy atom. The molecular formula is C63H114O6. The van der Waals surface area contributed by atoms with Crippen LogP contribution in [-0.4, -0.2) is 37.2 Å². The monoisotopic (exact) mass is 967 g/mol. The van der Waals surface area contributed by atoms with Gasteiger partial charge in [0, 0.05) is 19.3 Å². The second-order valence-corrected chi connectivity index (χ2v) is 20.3. The van der Waals surface area contributed by atoms with E-state index in [0.717, 1.165) is 83.5 Å². The highest BCUT2D eigenvalue weighted by Gasteiger charge is 2.19. The molecule has 0 saturated carbocycles. The third kappa shape index (κ3) is 56.2. The third-order valence-corrected chi connectivity index (χ3v) is 13.3. The van der Waals surface area contributed by atoms with Crippen LogP contribution < -0.4 is 0 Å². The standard InChI is InChI=1S/C63H114O6/c1-4-7-10-13-16-19-22-25-28-31-32-33-36-38-41-44-47-50-53-56-62(65)68-59-60(69-63(66)57-54-51-48-45-42-39-35-30-27-24-21-18-15-12-9-6-3)58-67-61(64)55-52-49-46-43-40-37-34-29-26-23-20-17-14-11-8-5-2/h16,19,25,28,30,32-33,35,60H,4-15,17-18,20-24,26-27,29,31,34,36-59H2,1-3H3/b19-16-,28-25-,33-32-,35-30-/t60-/m1/s1. The topological polar surface area (TPSA) is 78.9 Å². The fourth-order valence-corrected chi connectivity index (χ4v) is 8.74. The average molecular weight is 968 g/mol. The summed E-state index contributed by atoms with van der Waals surface area (Å²) >= 11 is 0. The van der Waals surface area contributed by atoms with Gasteiger partial charge in [0.25, 0.3) is 0 Å². The highest BCUT2D eigenvalue weighted by atomic mass is 16.6. The molecule has 0 rings (SSSR count). The van der Waals surface area contributed by atoms with Crippen LogP contribution in [0, 0.1) is 0 Å². The summed E-state index contributed by atoms with van der Waals surface area (Å²) in [5.41, 5.74) is 0. The smallest absolute Gasteiger partial charge is 0.306 e. The molecule has 0 unspecified atom stereocenters. The van der Waals surface area contributed by atoms with E-state index in [1.54, 1.807) is 0 Å². The number of ether oxygens (including phenoxy) is 3. The second kappa shape index (κ2) is 57.9. The number of rotatable bonds is 55. The van der Waals surface area contributed by atoms with Gasteiger partial charge in [0.15, 0.2) is 6.10 Å². The number of carbonyl (C=O) groups is 3. The van der Waals surface area contributed by atoms with E-state index < -0.39 is 6.10 Å². The second-order valence-electron chi connectivity index (χ2n) is 20.3. The zero-order valence-corrected chi connectivity index (χ0v) is 46.1. The van der Waals surface area contributed by atoms with E-state index in [1.807, 2.05) is 0 Å². The molecule has 0 aliphatic rings. The lowest BCUT2D eigenvalue weighted by molar-refractivity contribution is -0.167. The number of allylic oxidation sites excluding steroid dienone is 8. The van der Waals surface area contributed by atoms with Crippen LogP contribution in [0.5, 0.6) is 0 Å². The van der Waals surface area contributed by atoms with Gasteiger partial charge in [0.1, 0.15) is 13.2 Å². The van der Waals surface area contributed by atoms with Crippen LogP contribution in [0.4, 0.5) is 0 Å². The number of hydrogen-bond acceptors (Lipinski definition) is 6. The highest BCUT2D eigenvalue weighted by molar-refractivity contribution is 5.71. The van der Waals surface area contributed by atoms with Gasteiger partial charge in [0.2, 0.25) is 0 Å². The molecule has 0 bridgehead atoms. The normalized spacial score (nSPS) is 12.3. The summed E-state index contributed by atoms with van der Waals surface area (Å²) in [6.07, 6.45) is 71.0. The fraction of sp³-hybridized carbons (Fsp3) is 0.825. The lowest BCUT2D eigenvalue weighted by Gasteiger charge is -2.18. The molecule has 0 aromatic rings. The molecule has 6 heteroatoms. The van der Waals surface area contributed by atoms with Crippen molar-refractivity contribution in [1.29, 1.82) is 0 Å². The van der Waals surface area contributed by atoms with Gasteiger partial charge in [-0.3, -0.25) is 14.4 Å². The Balaban J connectivity index is 4.38. The molecule has 0 aromatic heterocycles. The Morgan fingerprint density at radius 1 is 0.290 bits per heavy atom. The molecule has 0 radical (unpaired) electrons. The van der Waals surface area contributed by atoms with Crippen LogP contribution in [-0.2, 0) is 28.6 Å². The Kier molecular flexibility index (Phi) is 55.7. The Hall–Kier alpha value is -2.63. The molecule has 6 nitrogen and oxygen atoms in total. The summed E-state index contributed by atoms with van der Waals surface area (Å²) < 4.78 is 16.9. The van der Waals surface area contributed by atoms with E-state index in [4.69, 9.17) is 14.2 Å². The van der Waals surface area contributed by atoms with E-state index in [1.165, 1.54) is 193 Å². The fourth-order valence-electron chi connectivity index (χ4n) is 8.74. The lowest BCUT2D eigenvalue weighted by atomic mass is 10.0. The molecular weight excluding hydrogens is 853 g/mol. The van der Waals surface area contributed by atoms with Crippen molar-refractivity contribution in [2.75, 3.05) is 13.2 Å². The molecule has 0 saturated heterocycles. The van der Waals surface area contributed by atoms with Gasteiger partial charge in [-0.25, -0.2) is 0 Å². The summed E-state index contributed by atoms with van der Waals surface area (Å²) in [6, 6.07) is 0. The molecule has 1 atom stereocenters. The first kappa shape index (κ1) is 66.4. The maximum Gasteiger partial charge on any atom is 0.306 e. The summed E-state index contributed by atoms with van der Waals surface area (Å²) in [6.45, 7) is 6.63. The molecule has 0 aliphatic heterocycles. The summed E-state index contributed by atoms with van der Waals surface area (Å²) in [7, 11) is 0. The molecule has 0 fully saturated rings. The summed E-state index contributed by atoms with van der Waals surface area (Å²) in [4.78, 5) is 38.2. The molecule has 0 N–H and O–H groups in total. The van der Waals surface area contributed by atoms with E-state index in [-0.39, 0.29) is 31.1 Å². The minimum atomic E-state index is -0.781. The van der Waals surface area contributed by atoms with Crippen molar-refractivity contribution < 1.29 is 28.6 Å². The van der Waals surface area contributed by atoms with Crippen LogP contribution in [0.25, 0.3) is 0 Å². The summed E-state index contributed by atoms with van der Waals surface area (Å²) in [5.74, 6) is -0.882. The summed E-state index contributed by atoms with van der Waals surface area (Å²) in [5, 5.41) is 0. The average Bonchev–Trinajstić information content (AvgIpc) is 3.35. The first-order valence-electron chi connectivity index (χ1n) is 30.1. The lowest BCUT2D eigenvalue weighted by Crippen LogP contribution is -2.30. The first-order valence-corrected chi connectivity index (χ1v) is 30.1. The number of esters is 3. The predicted octanol–water partition coefficient (Wildman–Crippen LogP) is 20.2. The molecule has 0 amide bonds. The third-order valence-electron chi connectivity index (χ3n) is 13.3. The van der Waals surface area contributed by atoms with Crippen molar-refractivity contribution in [3.8, 4) is 0 Å². The highest BCUT2D eigenvalue weighted by Crippen LogP contribution is 2.16. The first-order chi connectivity index (χ1) is 34.0. The van der Waals surface area contributed by atoms with Gasteiger partial charge in [0.05, 0.1) is 0 Å². The van der Waals surface area contributed by atoms with Crippen LogP contribution in [0.1, 0.15) is 316 Å². The van der Waals surface area contributed by atoms with Crippen LogP contribution >= 0.6 is 0 Å². The van der Waals surface area contributed by atoms with E-state index >= 15 is 0 Å². The number of hydrogen-bond donors (Lipinski definition) is 0. The van der Waals surface area contributed by atoms with Crippen molar-refractivity contribution in [2.45, 2.75) is 322 Å². The zero-order chi connectivity index (χ0) is 50.0. The van der Waals surface area contributed by atoms with Crippen LogP contribution in [0.3, 0.4) is 0 Å². The van der Waals surface area contributed by atoms with Gasteiger partial charge in [-0.2, -0.15) is 0 Å². The Labute approximate surface area is 428 Å². The Bertz CT molecular complexity index is 1200. The van der Waals surface area contributed by atoms with Gasteiger partial charge < -0.3 is 14.2 Å². The van der Waals surface area contributed by atoms with Gasteiger partial charge in [-0.05, 0) is 83.5 Å². The van der Waals surface area contributed by atoms with E-state index in [2.05, 4.69) is 69.4 Å². The van der Waals surface area contributed by atoms with Crippen molar-refractivity contribution in [1.82, 2.24) is 0 Å². The van der Waals surface area contributed by atoms with Gasteiger partial charge in [-0.15, -0.1) is 0 Å². The molecule has 402 valence electrons. The zero-order valence-electron chi connectivity index (χ0n) is 46.1. The van der Waals surface area contributed by atoms with Crippen molar-refractivity contribution in [2.24, 2.45) is 0 Å². The molecule has 69 heavy (non-hydrogen) atoms. The maximum atomic E-state index is 12.9. The molecule has 0 aliphatic carbocycles. The van der Waals surface area contributed by atoms with E-state index in [0.29, 0.717) is 19.3 Å². The molecule has 0 spiro atoms. The molecule has 0 aromatic carbocycles. The number of unbranched alkanes of at least 4 members (excludes halogenated alkanes) is 36. The van der Waals surface area contributed by atoms with E-state index in [9.17, 15) is 14.4 Å². The van der Waals surface area contributed by atoms with Crippen LogP contribution in [0.15, 0.2) is 48.6 Å². The molecule has 0 heterocycles. The SMILES string of the molecule is CCCCC/C=C\C/C=C\C/C=C\CCCCCCCCC(=O)OC[C@@H](COC(=O)CCCCCCCCCCCCCCCCCC)OC(=O)CCCCCCC/C=C\CCCCCCCCC.